The van der Waals surface area contributed by atoms with E-state index in [4.69, 9.17) is 9.63 Å². The number of piperidine rings is 1. The van der Waals surface area contributed by atoms with Gasteiger partial charge in [-0.15, -0.1) is 0 Å². The topological polar surface area (TPSA) is 62.4 Å². The molecule has 2 fully saturated rings. The Kier molecular flexibility index (Phi) is 2.17. The van der Waals surface area contributed by atoms with Crippen molar-refractivity contribution in [1.82, 2.24) is 10.1 Å². The fourth-order valence-electron chi connectivity index (χ4n) is 2.67. The Labute approximate surface area is 94.4 Å². The van der Waals surface area contributed by atoms with Crippen molar-refractivity contribution in [1.29, 1.82) is 0 Å². The first-order chi connectivity index (χ1) is 7.70. The largest absolute Gasteiger partial charge is 0.396 e. The number of aliphatic hydroxyl groups excluding tert-OH is 1. The van der Waals surface area contributed by atoms with Crippen LogP contribution in [0.15, 0.2) is 4.52 Å². The van der Waals surface area contributed by atoms with Crippen molar-refractivity contribution in [2.45, 2.75) is 19.8 Å². The summed E-state index contributed by atoms with van der Waals surface area (Å²) >= 11 is 0. The van der Waals surface area contributed by atoms with E-state index in [2.05, 4.69) is 28.9 Å². The first-order valence-electron chi connectivity index (χ1n) is 5.90. The van der Waals surface area contributed by atoms with Gasteiger partial charge >= 0.3 is 6.01 Å². The lowest BCUT2D eigenvalue weighted by Gasteiger charge is -2.15. The van der Waals surface area contributed by atoms with Crippen LogP contribution >= 0.6 is 0 Å². The summed E-state index contributed by atoms with van der Waals surface area (Å²) in [7, 11) is 0. The summed E-state index contributed by atoms with van der Waals surface area (Å²) in [6.45, 7) is 6.34. The zero-order valence-electron chi connectivity index (χ0n) is 9.63. The molecular weight excluding hydrogens is 206 g/mol. The maximum absolute atomic E-state index is 9.08. The first-order valence-corrected chi connectivity index (χ1v) is 5.90. The fraction of sp³-hybridized carbons (Fsp3) is 0.818. The van der Waals surface area contributed by atoms with Crippen molar-refractivity contribution >= 4 is 6.01 Å². The van der Waals surface area contributed by atoms with E-state index in [0.717, 1.165) is 18.9 Å². The molecule has 5 nitrogen and oxygen atoms in total. The second kappa shape index (κ2) is 3.45. The lowest BCUT2D eigenvalue weighted by atomic mass is 10.2. The minimum Gasteiger partial charge on any atom is -0.396 e. The Morgan fingerprint density at radius 2 is 2.12 bits per heavy atom. The van der Waals surface area contributed by atoms with Gasteiger partial charge in [0.15, 0.2) is 5.82 Å². The molecule has 5 heteroatoms. The number of hydrogen-bond donors (Lipinski definition) is 1. The van der Waals surface area contributed by atoms with Crippen LogP contribution in [0.4, 0.5) is 6.01 Å². The zero-order valence-corrected chi connectivity index (χ0v) is 9.63. The third kappa shape index (κ3) is 1.42. The average Bonchev–Trinajstić information content (AvgIpc) is 2.74. The van der Waals surface area contributed by atoms with Crippen molar-refractivity contribution in [2.24, 2.45) is 17.8 Å². The zero-order chi connectivity index (χ0) is 11.3. The highest BCUT2D eigenvalue weighted by Gasteiger charge is 2.56. The summed E-state index contributed by atoms with van der Waals surface area (Å²) in [5.74, 6) is 2.87. The van der Waals surface area contributed by atoms with Gasteiger partial charge < -0.3 is 14.5 Å². The van der Waals surface area contributed by atoms with Crippen LogP contribution in [0.1, 0.15) is 25.6 Å². The lowest BCUT2D eigenvalue weighted by molar-refractivity contribution is 0.259. The summed E-state index contributed by atoms with van der Waals surface area (Å²) in [4.78, 5) is 6.52. The number of fused-ring (bicyclic) bond motifs is 1. The molecule has 88 valence electrons. The molecule has 0 bridgehead atoms. The van der Waals surface area contributed by atoms with Crippen LogP contribution in [0.3, 0.4) is 0 Å². The van der Waals surface area contributed by atoms with E-state index in [9.17, 15) is 0 Å². The summed E-state index contributed by atoms with van der Waals surface area (Å²) in [6.07, 6.45) is 0. The number of aromatic nitrogens is 2. The fourth-order valence-corrected chi connectivity index (χ4v) is 2.67. The number of hydrogen-bond acceptors (Lipinski definition) is 5. The molecule has 1 aromatic heterocycles. The highest BCUT2D eigenvalue weighted by atomic mass is 16.5. The smallest absolute Gasteiger partial charge is 0.324 e. The van der Waals surface area contributed by atoms with Crippen molar-refractivity contribution in [3.63, 3.8) is 0 Å². The molecule has 3 rings (SSSR count). The van der Waals surface area contributed by atoms with Gasteiger partial charge in [0.1, 0.15) is 0 Å². The van der Waals surface area contributed by atoms with Gasteiger partial charge in [-0.1, -0.05) is 19.0 Å². The molecule has 1 aliphatic carbocycles. The summed E-state index contributed by atoms with van der Waals surface area (Å²) < 4.78 is 5.25. The van der Waals surface area contributed by atoms with Crippen LogP contribution in [0.2, 0.25) is 0 Å². The normalized spacial score (nSPS) is 32.2. The molecule has 16 heavy (non-hydrogen) atoms. The minimum absolute atomic E-state index is 0.305. The molecule has 0 aromatic carbocycles. The highest BCUT2D eigenvalue weighted by Crippen LogP contribution is 2.51. The van der Waals surface area contributed by atoms with Crippen LogP contribution in [0.25, 0.3) is 0 Å². The van der Waals surface area contributed by atoms with E-state index >= 15 is 0 Å². The number of rotatable bonds is 3. The van der Waals surface area contributed by atoms with Crippen LogP contribution in [0.5, 0.6) is 0 Å². The molecule has 0 spiro atoms. The Bertz CT molecular complexity index is 378. The molecule has 0 radical (unpaired) electrons. The van der Waals surface area contributed by atoms with E-state index in [-0.39, 0.29) is 0 Å². The van der Waals surface area contributed by atoms with Crippen molar-refractivity contribution in [3.8, 4) is 0 Å². The van der Waals surface area contributed by atoms with E-state index < -0.39 is 0 Å². The standard InChI is InChI=1S/C11H17N3O2/c1-6(2)10-12-11(16-13-10)14-3-7-8(4-14)9(7)5-15/h6-9,15H,3-5H2,1-2H3/t7-,8+,9?. The van der Waals surface area contributed by atoms with Gasteiger partial charge in [-0.05, 0) is 17.8 Å². The van der Waals surface area contributed by atoms with Gasteiger partial charge in [-0.2, -0.15) is 4.98 Å². The molecule has 3 atom stereocenters. The molecule has 1 aliphatic heterocycles. The summed E-state index contributed by atoms with van der Waals surface area (Å²) in [6, 6.07) is 0.646. The molecule has 2 heterocycles. The monoisotopic (exact) mass is 223 g/mol. The first kappa shape index (κ1) is 10.1. The predicted octanol–water partition coefficient (Wildman–Crippen LogP) is 0.867. The molecule has 1 saturated heterocycles. The van der Waals surface area contributed by atoms with Crippen molar-refractivity contribution < 1.29 is 9.63 Å². The van der Waals surface area contributed by atoms with Crippen molar-refractivity contribution in [2.75, 3.05) is 24.6 Å². The maximum Gasteiger partial charge on any atom is 0.324 e. The Hall–Kier alpha value is -1.10. The van der Waals surface area contributed by atoms with Gasteiger partial charge in [0.25, 0.3) is 0 Å². The second-order valence-electron chi connectivity index (χ2n) is 5.17. The number of anilines is 1. The molecule has 1 saturated carbocycles. The maximum atomic E-state index is 9.08. The number of aliphatic hydroxyl groups is 1. The quantitative estimate of drug-likeness (QED) is 0.823. The van der Waals surface area contributed by atoms with E-state index in [1.165, 1.54) is 0 Å². The van der Waals surface area contributed by atoms with Crippen LogP contribution < -0.4 is 4.90 Å². The van der Waals surface area contributed by atoms with Crippen LogP contribution in [-0.4, -0.2) is 34.9 Å². The third-order valence-corrected chi connectivity index (χ3v) is 3.80. The van der Waals surface area contributed by atoms with Gasteiger partial charge in [0, 0.05) is 25.6 Å². The molecule has 2 aliphatic rings. The van der Waals surface area contributed by atoms with Crippen molar-refractivity contribution in [3.05, 3.63) is 5.82 Å². The molecule has 1 aromatic rings. The second-order valence-corrected chi connectivity index (χ2v) is 5.17. The third-order valence-electron chi connectivity index (χ3n) is 3.80. The van der Waals surface area contributed by atoms with Crippen LogP contribution in [-0.2, 0) is 0 Å². The Morgan fingerprint density at radius 1 is 1.44 bits per heavy atom. The van der Waals surface area contributed by atoms with Gasteiger partial charge in [0.05, 0.1) is 0 Å². The Balaban J connectivity index is 1.67. The van der Waals surface area contributed by atoms with Crippen LogP contribution in [0, 0.1) is 17.8 Å². The van der Waals surface area contributed by atoms with E-state index in [0.29, 0.717) is 36.3 Å². The van der Waals surface area contributed by atoms with E-state index in [1.807, 2.05) is 0 Å². The SMILES string of the molecule is CC(C)c1noc(N2C[C@@H]3C(CO)[C@@H]3C2)n1. The number of nitrogens with zero attached hydrogens (tertiary/aromatic N) is 3. The van der Waals surface area contributed by atoms with E-state index in [1.54, 1.807) is 0 Å². The summed E-state index contributed by atoms with van der Waals surface area (Å²) in [5, 5.41) is 13.0. The lowest BCUT2D eigenvalue weighted by Crippen LogP contribution is -2.25. The molecule has 1 N–H and O–H groups in total. The molecule has 0 amide bonds. The Morgan fingerprint density at radius 3 is 2.62 bits per heavy atom. The highest BCUT2D eigenvalue weighted by molar-refractivity contribution is 5.32. The average molecular weight is 223 g/mol. The molecule has 1 unspecified atom stereocenters. The predicted molar refractivity (Wildman–Crippen MR) is 58.2 cm³/mol. The molecular formula is C11H17N3O2. The van der Waals surface area contributed by atoms with Gasteiger partial charge in [0.2, 0.25) is 0 Å². The van der Waals surface area contributed by atoms with Gasteiger partial charge in [-0.3, -0.25) is 0 Å². The minimum atomic E-state index is 0.305. The summed E-state index contributed by atoms with van der Waals surface area (Å²) in [5.41, 5.74) is 0. The van der Waals surface area contributed by atoms with Gasteiger partial charge in [-0.25, -0.2) is 0 Å².